The number of carbonyl (C=O) groups excluding carboxylic acids is 1. The van der Waals surface area contributed by atoms with Crippen molar-refractivity contribution >= 4 is 23.3 Å². The normalized spacial score (nSPS) is 15.5. The molecule has 0 aromatic carbocycles. The SMILES string of the molecule is CC(C)C(C(=O)NC(C)(C)C)N(C)c1nc(Cl)nc2c1CCC2. The molecule has 0 radical (unpaired) electrons. The second-order valence-corrected chi connectivity index (χ2v) is 7.97. The van der Waals surface area contributed by atoms with E-state index < -0.39 is 0 Å². The summed E-state index contributed by atoms with van der Waals surface area (Å²) in [6.07, 6.45) is 2.93. The maximum absolute atomic E-state index is 12.8. The molecule has 0 saturated heterocycles. The quantitative estimate of drug-likeness (QED) is 0.857. The molecular weight excluding hydrogens is 312 g/mol. The summed E-state index contributed by atoms with van der Waals surface area (Å²) in [6, 6.07) is -0.301. The highest BCUT2D eigenvalue weighted by Gasteiger charge is 2.32. The molecule has 0 aliphatic heterocycles. The van der Waals surface area contributed by atoms with Crippen LogP contribution in [-0.2, 0) is 17.6 Å². The summed E-state index contributed by atoms with van der Waals surface area (Å²) in [7, 11) is 1.92. The lowest BCUT2D eigenvalue weighted by Gasteiger charge is -2.34. The van der Waals surface area contributed by atoms with Crippen LogP contribution in [0, 0.1) is 5.92 Å². The van der Waals surface area contributed by atoms with Gasteiger partial charge in [-0.05, 0) is 57.6 Å². The van der Waals surface area contributed by atoms with Gasteiger partial charge in [0.25, 0.3) is 0 Å². The first-order valence-electron chi connectivity index (χ1n) is 8.20. The van der Waals surface area contributed by atoms with E-state index >= 15 is 0 Å². The molecule has 0 fully saturated rings. The molecule has 1 aliphatic carbocycles. The number of amides is 1. The molecule has 5 nitrogen and oxygen atoms in total. The lowest BCUT2D eigenvalue weighted by atomic mass is 9.99. The summed E-state index contributed by atoms with van der Waals surface area (Å²) >= 11 is 6.09. The summed E-state index contributed by atoms with van der Waals surface area (Å²) in [4.78, 5) is 23.5. The number of aromatic nitrogens is 2. The summed E-state index contributed by atoms with van der Waals surface area (Å²) in [5.74, 6) is 0.949. The maximum atomic E-state index is 12.8. The molecular formula is C17H27ClN4O. The van der Waals surface area contributed by atoms with Crippen LogP contribution in [0.4, 0.5) is 5.82 Å². The van der Waals surface area contributed by atoms with Gasteiger partial charge in [0.15, 0.2) is 0 Å². The van der Waals surface area contributed by atoms with Gasteiger partial charge in [0.05, 0.1) is 5.69 Å². The molecule has 1 unspecified atom stereocenters. The number of nitrogens with one attached hydrogen (secondary N) is 1. The van der Waals surface area contributed by atoms with Crippen LogP contribution < -0.4 is 10.2 Å². The van der Waals surface area contributed by atoms with E-state index in [0.29, 0.717) is 0 Å². The number of likely N-dealkylation sites (N-methyl/N-ethyl adjacent to an activating group) is 1. The van der Waals surface area contributed by atoms with E-state index in [9.17, 15) is 4.79 Å². The number of halogens is 1. The van der Waals surface area contributed by atoms with Gasteiger partial charge in [0, 0.05) is 18.2 Å². The number of nitrogens with zero attached hydrogens (tertiary/aromatic N) is 3. The molecule has 1 amide bonds. The highest BCUT2D eigenvalue weighted by atomic mass is 35.5. The molecule has 0 bridgehead atoms. The molecule has 1 heterocycles. The number of rotatable bonds is 4. The third-order valence-corrected chi connectivity index (χ3v) is 4.20. The Morgan fingerprint density at radius 1 is 1.26 bits per heavy atom. The Kier molecular flexibility index (Phi) is 5.19. The number of aryl methyl sites for hydroxylation is 1. The molecule has 2 rings (SSSR count). The van der Waals surface area contributed by atoms with Gasteiger partial charge >= 0.3 is 0 Å². The van der Waals surface area contributed by atoms with Crippen LogP contribution in [0.1, 0.15) is 52.3 Å². The van der Waals surface area contributed by atoms with Gasteiger partial charge in [-0.25, -0.2) is 9.97 Å². The fraction of sp³-hybridized carbons (Fsp3) is 0.706. The number of fused-ring (bicyclic) bond motifs is 1. The van der Waals surface area contributed by atoms with Gasteiger partial charge in [-0.15, -0.1) is 0 Å². The smallest absolute Gasteiger partial charge is 0.243 e. The maximum Gasteiger partial charge on any atom is 0.243 e. The number of hydrogen-bond acceptors (Lipinski definition) is 4. The Bertz CT molecular complexity index is 595. The van der Waals surface area contributed by atoms with Crippen LogP contribution in [0.3, 0.4) is 0 Å². The predicted molar refractivity (Wildman–Crippen MR) is 94.0 cm³/mol. The molecule has 1 atom stereocenters. The molecule has 1 aromatic heterocycles. The minimum Gasteiger partial charge on any atom is -0.350 e. The molecule has 1 N–H and O–H groups in total. The number of carbonyl (C=O) groups is 1. The lowest BCUT2D eigenvalue weighted by Crippen LogP contribution is -2.53. The van der Waals surface area contributed by atoms with Crippen LogP contribution in [-0.4, -0.2) is 34.5 Å². The van der Waals surface area contributed by atoms with E-state index in [-0.39, 0.29) is 28.7 Å². The second kappa shape index (κ2) is 6.63. The van der Waals surface area contributed by atoms with Crippen molar-refractivity contribution in [2.45, 2.75) is 65.5 Å². The minimum absolute atomic E-state index is 0.0106. The van der Waals surface area contributed by atoms with E-state index in [1.807, 2.05) is 46.6 Å². The molecule has 23 heavy (non-hydrogen) atoms. The summed E-state index contributed by atoms with van der Waals surface area (Å²) in [5.41, 5.74) is 1.88. The van der Waals surface area contributed by atoms with Crippen LogP contribution in [0.25, 0.3) is 0 Å². The predicted octanol–water partition coefficient (Wildman–Crippen LogP) is 2.99. The number of anilines is 1. The number of hydrogen-bond donors (Lipinski definition) is 1. The second-order valence-electron chi connectivity index (χ2n) is 7.63. The van der Waals surface area contributed by atoms with Gasteiger partial charge in [0.1, 0.15) is 11.9 Å². The Hall–Kier alpha value is -1.36. The van der Waals surface area contributed by atoms with Crippen LogP contribution in [0.5, 0.6) is 0 Å². The minimum atomic E-state index is -0.301. The molecule has 128 valence electrons. The van der Waals surface area contributed by atoms with Gasteiger partial charge in [0.2, 0.25) is 11.2 Å². The van der Waals surface area contributed by atoms with Crippen molar-refractivity contribution in [2.24, 2.45) is 5.92 Å². The zero-order chi connectivity index (χ0) is 17.4. The molecule has 1 aliphatic rings. The van der Waals surface area contributed by atoms with Gasteiger partial charge < -0.3 is 10.2 Å². The fourth-order valence-electron chi connectivity index (χ4n) is 3.18. The Labute approximate surface area is 143 Å². The molecule has 6 heteroatoms. The summed E-state index contributed by atoms with van der Waals surface area (Å²) < 4.78 is 0. The standard InChI is InChI=1S/C17H27ClN4O/c1-10(2)13(15(23)21-17(3,4)5)22(6)14-11-8-7-9-12(11)19-16(18)20-14/h10,13H,7-9H2,1-6H3,(H,21,23). The van der Waals surface area contributed by atoms with Gasteiger partial charge in [-0.2, -0.15) is 0 Å². The summed E-state index contributed by atoms with van der Waals surface area (Å²) in [5, 5.41) is 3.33. The first-order valence-corrected chi connectivity index (χ1v) is 8.58. The Morgan fingerprint density at radius 3 is 2.48 bits per heavy atom. The third-order valence-electron chi connectivity index (χ3n) is 4.03. The zero-order valence-electron chi connectivity index (χ0n) is 14.9. The Balaban J connectivity index is 2.36. The average molecular weight is 339 g/mol. The first-order chi connectivity index (χ1) is 10.6. The van der Waals surface area contributed by atoms with Crippen molar-refractivity contribution in [2.75, 3.05) is 11.9 Å². The van der Waals surface area contributed by atoms with Crippen molar-refractivity contribution in [1.29, 1.82) is 0 Å². The highest BCUT2D eigenvalue weighted by Crippen LogP contribution is 2.31. The van der Waals surface area contributed by atoms with Crippen molar-refractivity contribution in [3.8, 4) is 0 Å². The molecule has 1 aromatic rings. The van der Waals surface area contributed by atoms with E-state index in [1.54, 1.807) is 0 Å². The Morgan fingerprint density at radius 2 is 1.91 bits per heavy atom. The van der Waals surface area contributed by atoms with E-state index in [2.05, 4.69) is 15.3 Å². The highest BCUT2D eigenvalue weighted by molar-refractivity contribution is 6.28. The van der Waals surface area contributed by atoms with E-state index in [1.165, 1.54) is 0 Å². The van der Waals surface area contributed by atoms with Gasteiger partial charge in [-0.1, -0.05) is 13.8 Å². The zero-order valence-corrected chi connectivity index (χ0v) is 15.7. The topological polar surface area (TPSA) is 58.1 Å². The van der Waals surface area contributed by atoms with Crippen molar-refractivity contribution < 1.29 is 4.79 Å². The third kappa shape index (κ3) is 4.14. The van der Waals surface area contributed by atoms with Gasteiger partial charge in [-0.3, -0.25) is 4.79 Å². The van der Waals surface area contributed by atoms with E-state index in [0.717, 1.165) is 36.3 Å². The summed E-state index contributed by atoms with van der Waals surface area (Å²) in [6.45, 7) is 10.1. The fourth-order valence-corrected chi connectivity index (χ4v) is 3.36. The van der Waals surface area contributed by atoms with E-state index in [4.69, 9.17) is 11.6 Å². The van der Waals surface area contributed by atoms with Crippen LogP contribution >= 0.6 is 11.6 Å². The average Bonchev–Trinajstić information content (AvgIpc) is 2.82. The largest absolute Gasteiger partial charge is 0.350 e. The molecule has 0 spiro atoms. The van der Waals surface area contributed by atoms with Crippen molar-refractivity contribution in [3.05, 3.63) is 16.5 Å². The molecule has 0 saturated carbocycles. The van der Waals surface area contributed by atoms with Crippen LogP contribution in [0.2, 0.25) is 5.28 Å². The monoisotopic (exact) mass is 338 g/mol. The van der Waals surface area contributed by atoms with Crippen LogP contribution in [0.15, 0.2) is 0 Å². The first kappa shape index (κ1) is 18.0. The van der Waals surface area contributed by atoms with Crippen molar-refractivity contribution in [1.82, 2.24) is 15.3 Å². The lowest BCUT2D eigenvalue weighted by molar-refractivity contribution is -0.124. The van der Waals surface area contributed by atoms with Crippen molar-refractivity contribution in [3.63, 3.8) is 0 Å².